The first-order chi connectivity index (χ1) is 30.3. The second-order valence-electron chi connectivity index (χ2n) is 19.9. The summed E-state index contributed by atoms with van der Waals surface area (Å²) in [6.45, 7) is 11.4. The van der Waals surface area contributed by atoms with Crippen LogP contribution in [0.4, 0.5) is 0 Å². The Kier molecular flexibility index (Phi) is 47.6. The number of carbonyl (C=O) groups excluding carboxylic acids is 3. The third-order valence-corrected chi connectivity index (χ3v) is 13.1. The van der Waals surface area contributed by atoms with E-state index in [1.165, 1.54) is 199 Å². The van der Waals surface area contributed by atoms with Crippen LogP contribution in [0.3, 0.4) is 0 Å². The van der Waals surface area contributed by atoms with Crippen molar-refractivity contribution in [3.8, 4) is 0 Å². The van der Waals surface area contributed by atoms with Gasteiger partial charge in [-0.15, -0.1) is 0 Å². The minimum Gasteiger partial charge on any atom is -0.462 e. The largest absolute Gasteiger partial charge is 0.462 e. The van der Waals surface area contributed by atoms with E-state index in [9.17, 15) is 14.4 Å². The summed E-state index contributed by atoms with van der Waals surface area (Å²) in [6.07, 6.45) is 50.8. The number of esters is 3. The van der Waals surface area contributed by atoms with Gasteiger partial charge in [0.25, 0.3) is 0 Å². The van der Waals surface area contributed by atoms with Crippen molar-refractivity contribution < 1.29 is 28.6 Å². The zero-order valence-corrected chi connectivity index (χ0v) is 42.5. The quantitative estimate of drug-likeness (QED) is 0.0344. The summed E-state index contributed by atoms with van der Waals surface area (Å²) in [5.74, 6) is 0.861. The zero-order chi connectivity index (χ0) is 45.4. The lowest BCUT2D eigenvalue weighted by molar-refractivity contribution is -0.167. The van der Waals surface area contributed by atoms with Crippen molar-refractivity contribution in [2.24, 2.45) is 11.8 Å². The molecule has 0 heterocycles. The Morgan fingerprint density at radius 3 is 0.919 bits per heavy atom. The van der Waals surface area contributed by atoms with Crippen LogP contribution in [-0.2, 0) is 28.6 Å². The van der Waals surface area contributed by atoms with Crippen LogP contribution in [0.15, 0.2) is 0 Å². The van der Waals surface area contributed by atoms with Crippen molar-refractivity contribution in [1.29, 1.82) is 0 Å². The van der Waals surface area contributed by atoms with Gasteiger partial charge < -0.3 is 14.2 Å². The number of hydrogen-bond donors (Lipinski definition) is 0. The zero-order valence-electron chi connectivity index (χ0n) is 42.5. The summed E-state index contributed by atoms with van der Waals surface area (Å²) in [5, 5.41) is 0. The van der Waals surface area contributed by atoms with Gasteiger partial charge in [-0.05, 0) is 31.1 Å². The fraction of sp³-hybridized carbons (Fsp3) is 0.946. The molecule has 0 saturated carbocycles. The highest BCUT2D eigenvalue weighted by atomic mass is 16.6. The van der Waals surface area contributed by atoms with Crippen LogP contribution in [0, 0.1) is 11.8 Å². The Labute approximate surface area is 387 Å². The lowest BCUT2D eigenvalue weighted by Crippen LogP contribution is -2.30. The second-order valence-corrected chi connectivity index (χ2v) is 19.9. The maximum Gasteiger partial charge on any atom is 0.306 e. The highest BCUT2D eigenvalue weighted by Crippen LogP contribution is 2.18. The molecule has 0 saturated heterocycles. The van der Waals surface area contributed by atoms with Crippen LogP contribution in [0.25, 0.3) is 0 Å². The molecule has 0 aliphatic rings. The fourth-order valence-electron chi connectivity index (χ4n) is 8.49. The number of hydrogen-bond acceptors (Lipinski definition) is 6. The number of ether oxygens (including phenoxy) is 3. The van der Waals surface area contributed by atoms with E-state index in [-0.39, 0.29) is 31.1 Å². The van der Waals surface area contributed by atoms with Crippen molar-refractivity contribution >= 4 is 17.9 Å². The third-order valence-electron chi connectivity index (χ3n) is 13.1. The Balaban J connectivity index is 4.28. The standard InChI is InChI=1S/C56H108O6/c1-6-8-9-10-11-12-13-14-18-22-27-33-38-43-48-56(59)62-53(50-61-55(58)47-42-37-32-28-23-24-29-34-39-44-51(3)4)49-60-54(57)46-41-36-31-26-21-19-16-15-17-20-25-30-35-40-45-52(5)7-2/h51-53H,6-50H2,1-5H3/t52?,53-/m1/s1. The molecule has 0 spiro atoms. The van der Waals surface area contributed by atoms with E-state index in [4.69, 9.17) is 14.2 Å². The molecular formula is C56H108O6. The minimum atomic E-state index is -0.762. The van der Waals surface area contributed by atoms with E-state index < -0.39 is 6.10 Å². The third kappa shape index (κ3) is 47.9. The normalized spacial score (nSPS) is 12.5. The lowest BCUT2D eigenvalue weighted by atomic mass is 9.99. The van der Waals surface area contributed by atoms with Gasteiger partial charge in [-0.25, -0.2) is 0 Å². The lowest BCUT2D eigenvalue weighted by Gasteiger charge is -2.18. The predicted molar refractivity (Wildman–Crippen MR) is 266 cm³/mol. The molecular weight excluding hydrogens is 769 g/mol. The topological polar surface area (TPSA) is 78.9 Å². The van der Waals surface area contributed by atoms with Gasteiger partial charge in [0, 0.05) is 19.3 Å². The molecule has 0 aliphatic heterocycles. The molecule has 0 aromatic heterocycles. The van der Waals surface area contributed by atoms with E-state index in [0.29, 0.717) is 19.3 Å². The van der Waals surface area contributed by atoms with Crippen LogP contribution in [0.5, 0.6) is 0 Å². The summed E-state index contributed by atoms with van der Waals surface area (Å²) in [4.78, 5) is 38.0. The molecule has 0 bridgehead atoms. The number of rotatable bonds is 50. The summed E-state index contributed by atoms with van der Waals surface area (Å²) in [6, 6.07) is 0. The van der Waals surface area contributed by atoms with Crippen molar-refractivity contribution in [1.82, 2.24) is 0 Å². The molecule has 6 heteroatoms. The molecule has 0 N–H and O–H groups in total. The van der Waals surface area contributed by atoms with Crippen LogP contribution < -0.4 is 0 Å². The summed E-state index contributed by atoms with van der Waals surface area (Å²) >= 11 is 0. The van der Waals surface area contributed by atoms with Crippen molar-refractivity contribution in [2.45, 2.75) is 317 Å². The SMILES string of the molecule is CCCCCCCCCCCCCCCCC(=O)O[C@H](COC(=O)CCCCCCCCCCCCCCCCC(C)CC)COC(=O)CCCCCCCCCCCC(C)C. The molecule has 0 radical (unpaired) electrons. The molecule has 0 aliphatic carbocycles. The van der Waals surface area contributed by atoms with Gasteiger partial charge >= 0.3 is 17.9 Å². The highest BCUT2D eigenvalue weighted by Gasteiger charge is 2.19. The van der Waals surface area contributed by atoms with Gasteiger partial charge in [-0.2, -0.15) is 0 Å². The van der Waals surface area contributed by atoms with E-state index in [1.807, 2.05) is 0 Å². The minimum absolute atomic E-state index is 0.0632. The highest BCUT2D eigenvalue weighted by molar-refractivity contribution is 5.71. The van der Waals surface area contributed by atoms with Gasteiger partial charge in [-0.1, -0.05) is 272 Å². The first-order valence-electron chi connectivity index (χ1n) is 27.8. The van der Waals surface area contributed by atoms with Crippen molar-refractivity contribution in [3.05, 3.63) is 0 Å². The van der Waals surface area contributed by atoms with Crippen LogP contribution in [0.1, 0.15) is 311 Å². The summed E-state index contributed by atoms with van der Waals surface area (Å²) in [7, 11) is 0. The van der Waals surface area contributed by atoms with Crippen molar-refractivity contribution in [3.63, 3.8) is 0 Å². The van der Waals surface area contributed by atoms with Gasteiger partial charge in [0.1, 0.15) is 13.2 Å². The summed E-state index contributed by atoms with van der Waals surface area (Å²) in [5.41, 5.74) is 0. The van der Waals surface area contributed by atoms with Crippen LogP contribution in [0.2, 0.25) is 0 Å². The van der Waals surface area contributed by atoms with Gasteiger partial charge in [0.2, 0.25) is 0 Å². The van der Waals surface area contributed by atoms with Crippen molar-refractivity contribution in [2.75, 3.05) is 13.2 Å². The summed E-state index contributed by atoms with van der Waals surface area (Å²) < 4.78 is 16.9. The van der Waals surface area contributed by atoms with E-state index >= 15 is 0 Å². The van der Waals surface area contributed by atoms with E-state index in [1.54, 1.807) is 0 Å². The molecule has 0 aromatic carbocycles. The molecule has 368 valence electrons. The van der Waals surface area contributed by atoms with Crippen LogP contribution in [-0.4, -0.2) is 37.2 Å². The monoisotopic (exact) mass is 877 g/mol. The van der Waals surface area contributed by atoms with Crippen LogP contribution >= 0.6 is 0 Å². The van der Waals surface area contributed by atoms with Gasteiger partial charge in [-0.3, -0.25) is 14.4 Å². The molecule has 1 unspecified atom stereocenters. The Morgan fingerprint density at radius 2 is 0.613 bits per heavy atom. The second kappa shape index (κ2) is 48.9. The average Bonchev–Trinajstić information content (AvgIpc) is 3.26. The molecule has 6 nitrogen and oxygen atoms in total. The molecule has 0 rings (SSSR count). The Hall–Kier alpha value is -1.59. The molecule has 0 aromatic rings. The van der Waals surface area contributed by atoms with Gasteiger partial charge in [0.15, 0.2) is 6.10 Å². The average molecular weight is 877 g/mol. The first-order valence-corrected chi connectivity index (χ1v) is 27.8. The molecule has 0 fully saturated rings. The molecule has 2 atom stereocenters. The predicted octanol–water partition coefficient (Wildman–Crippen LogP) is 18.1. The number of unbranched alkanes of at least 4 members (excludes halogenated alkanes) is 34. The first kappa shape index (κ1) is 60.4. The molecule has 62 heavy (non-hydrogen) atoms. The van der Waals surface area contributed by atoms with Gasteiger partial charge in [0.05, 0.1) is 0 Å². The van der Waals surface area contributed by atoms with E-state index in [2.05, 4.69) is 34.6 Å². The van der Waals surface area contributed by atoms with E-state index in [0.717, 1.165) is 69.6 Å². The Morgan fingerprint density at radius 1 is 0.339 bits per heavy atom. The molecule has 0 amide bonds. The smallest absolute Gasteiger partial charge is 0.306 e. The maximum atomic E-state index is 12.8. The fourth-order valence-corrected chi connectivity index (χ4v) is 8.49. The number of carbonyl (C=O) groups is 3. The maximum absolute atomic E-state index is 12.8. The Bertz CT molecular complexity index is 949.